The molecule has 0 saturated carbocycles. The van der Waals surface area contributed by atoms with Crippen molar-refractivity contribution in [3.05, 3.63) is 0 Å². The molecule has 12 heavy (non-hydrogen) atoms. The number of urea groups is 1. The SMILES string of the molecule is COCC(=NNC(N)=O)C(C)C. The number of nitrogens with zero attached hydrogens (tertiary/aromatic N) is 1. The number of amides is 2. The molecule has 2 amide bonds. The molecule has 0 fully saturated rings. The van der Waals surface area contributed by atoms with Crippen LogP contribution in [-0.4, -0.2) is 25.5 Å². The van der Waals surface area contributed by atoms with Crippen LogP contribution in [0.4, 0.5) is 4.79 Å². The van der Waals surface area contributed by atoms with Gasteiger partial charge in [0.15, 0.2) is 0 Å². The Kier molecular flexibility index (Phi) is 5.03. The van der Waals surface area contributed by atoms with Crippen LogP contribution in [0.5, 0.6) is 0 Å². The monoisotopic (exact) mass is 173 g/mol. The number of rotatable bonds is 4. The Morgan fingerprint density at radius 3 is 2.58 bits per heavy atom. The van der Waals surface area contributed by atoms with Crippen LogP contribution in [-0.2, 0) is 4.74 Å². The molecular formula is C7H15N3O2. The fourth-order valence-corrected chi connectivity index (χ4v) is 0.603. The van der Waals surface area contributed by atoms with E-state index in [1.54, 1.807) is 7.11 Å². The van der Waals surface area contributed by atoms with Crippen LogP contribution >= 0.6 is 0 Å². The van der Waals surface area contributed by atoms with Crippen molar-refractivity contribution >= 4 is 11.7 Å². The van der Waals surface area contributed by atoms with Crippen molar-refractivity contribution in [1.29, 1.82) is 0 Å². The molecule has 0 aliphatic heterocycles. The first-order chi connectivity index (χ1) is 5.57. The van der Waals surface area contributed by atoms with E-state index in [0.717, 1.165) is 5.71 Å². The van der Waals surface area contributed by atoms with Gasteiger partial charge in [0.05, 0.1) is 12.3 Å². The summed E-state index contributed by atoms with van der Waals surface area (Å²) in [6.07, 6.45) is 0. The number of ether oxygens (including phenoxy) is 1. The molecule has 0 aromatic heterocycles. The number of hydrazone groups is 1. The van der Waals surface area contributed by atoms with Gasteiger partial charge in [0, 0.05) is 7.11 Å². The van der Waals surface area contributed by atoms with E-state index in [-0.39, 0.29) is 5.92 Å². The van der Waals surface area contributed by atoms with Crippen LogP contribution in [0, 0.1) is 5.92 Å². The summed E-state index contributed by atoms with van der Waals surface area (Å²) in [7, 11) is 1.57. The third-order valence-corrected chi connectivity index (χ3v) is 1.27. The first-order valence-corrected chi connectivity index (χ1v) is 3.68. The van der Waals surface area contributed by atoms with E-state index in [9.17, 15) is 4.79 Å². The molecule has 0 heterocycles. The van der Waals surface area contributed by atoms with Crippen molar-refractivity contribution in [2.75, 3.05) is 13.7 Å². The zero-order valence-corrected chi connectivity index (χ0v) is 7.63. The van der Waals surface area contributed by atoms with Crippen LogP contribution < -0.4 is 11.2 Å². The Morgan fingerprint density at radius 2 is 2.25 bits per heavy atom. The average Bonchev–Trinajstić information content (AvgIpc) is 1.96. The predicted octanol–water partition coefficient (Wildman–Crippen LogP) is 0.313. The second-order valence-corrected chi connectivity index (χ2v) is 2.67. The summed E-state index contributed by atoms with van der Waals surface area (Å²) in [6, 6.07) is -0.663. The molecule has 0 saturated heterocycles. The summed E-state index contributed by atoms with van der Waals surface area (Å²) in [6.45, 7) is 4.32. The van der Waals surface area contributed by atoms with Gasteiger partial charge in [-0.15, -0.1) is 0 Å². The van der Waals surface area contributed by atoms with E-state index in [0.29, 0.717) is 6.61 Å². The van der Waals surface area contributed by atoms with Gasteiger partial charge >= 0.3 is 6.03 Å². The van der Waals surface area contributed by atoms with Crippen LogP contribution in [0.3, 0.4) is 0 Å². The lowest BCUT2D eigenvalue weighted by molar-refractivity contribution is 0.239. The molecule has 0 aromatic rings. The smallest absolute Gasteiger partial charge is 0.332 e. The van der Waals surface area contributed by atoms with E-state index in [1.807, 2.05) is 13.8 Å². The Bertz CT molecular complexity index is 177. The van der Waals surface area contributed by atoms with Gasteiger partial charge in [0.2, 0.25) is 0 Å². The molecule has 0 atom stereocenters. The normalized spacial score (nSPS) is 11.8. The summed E-state index contributed by atoms with van der Waals surface area (Å²) in [5.74, 6) is 0.233. The van der Waals surface area contributed by atoms with E-state index >= 15 is 0 Å². The Labute approximate surface area is 72.0 Å². The lowest BCUT2D eigenvalue weighted by Gasteiger charge is -2.07. The lowest BCUT2D eigenvalue weighted by atomic mass is 10.1. The van der Waals surface area contributed by atoms with Crippen molar-refractivity contribution in [3.63, 3.8) is 0 Å². The molecule has 0 radical (unpaired) electrons. The maximum atomic E-state index is 10.3. The largest absolute Gasteiger partial charge is 0.379 e. The second-order valence-electron chi connectivity index (χ2n) is 2.67. The molecular weight excluding hydrogens is 158 g/mol. The molecule has 0 rings (SSSR count). The number of carbonyl (C=O) groups excluding carboxylic acids is 1. The first-order valence-electron chi connectivity index (χ1n) is 3.68. The zero-order chi connectivity index (χ0) is 9.56. The van der Waals surface area contributed by atoms with Crippen molar-refractivity contribution in [2.45, 2.75) is 13.8 Å². The second kappa shape index (κ2) is 5.54. The van der Waals surface area contributed by atoms with Gasteiger partial charge in [0.25, 0.3) is 0 Å². The number of hydrogen-bond donors (Lipinski definition) is 2. The first kappa shape index (κ1) is 10.9. The summed E-state index contributed by atoms with van der Waals surface area (Å²) in [4.78, 5) is 10.3. The lowest BCUT2D eigenvalue weighted by Crippen LogP contribution is -2.28. The van der Waals surface area contributed by atoms with Crippen LogP contribution in [0.25, 0.3) is 0 Å². The quantitative estimate of drug-likeness (QED) is 0.474. The molecule has 3 N–H and O–H groups in total. The third kappa shape index (κ3) is 4.68. The van der Waals surface area contributed by atoms with E-state index < -0.39 is 6.03 Å². The highest BCUT2D eigenvalue weighted by molar-refractivity contribution is 5.88. The number of carbonyl (C=O) groups is 1. The summed E-state index contributed by atoms with van der Waals surface area (Å²) in [5.41, 5.74) is 7.76. The number of hydrogen-bond acceptors (Lipinski definition) is 3. The van der Waals surface area contributed by atoms with Gasteiger partial charge in [-0.05, 0) is 5.92 Å². The van der Waals surface area contributed by atoms with Gasteiger partial charge in [-0.1, -0.05) is 13.8 Å². The van der Waals surface area contributed by atoms with Crippen molar-refractivity contribution in [1.82, 2.24) is 5.43 Å². The van der Waals surface area contributed by atoms with E-state index in [1.165, 1.54) is 0 Å². The van der Waals surface area contributed by atoms with Gasteiger partial charge in [-0.2, -0.15) is 5.10 Å². The molecule has 0 unspecified atom stereocenters. The molecule has 0 aliphatic carbocycles. The van der Waals surface area contributed by atoms with Crippen molar-refractivity contribution in [3.8, 4) is 0 Å². The van der Waals surface area contributed by atoms with Crippen LogP contribution in [0.2, 0.25) is 0 Å². The average molecular weight is 173 g/mol. The predicted molar refractivity (Wildman–Crippen MR) is 46.9 cm³/mol. The molecule has 0 spiro atoms. The highest BCUT2D eigenvalue weighted by atomic mass is 16.5. The molecule has 0 aliphatic rings. The van der Waals surface area contributed by atoms with E-state index in [4.69, 9.17) is 10.5 Å². The number of nitrogens with two attached hydrogens (primary N) is 1. The fraction of sp³-hybridized carbons (Fsp3) is 0.714. The highest BCUT2D eigenvalue weighted by Gasteiger charge is 2.04. The van der Waals surface area contributed by atoms with Crippen LogP contribution in [0.15, 0.2) is 5.10 Å². The summed E-state index contributed by atoms with van der Waals surface area (Å²) >= 11 is 0. The van der Waals surface area contributed by atoms with Gasteiger partial charge < -0.3 is 10.5 Å². The van der Waals surface area contributed by atoms with Crippen molar-refractivity contribution < 1.29 is 9.53 Å². The number of nitrogens with one attached hydrogen (secondary N) is 1. The van der Waals surface area contributed by atoms with E-state index in [2.05, 4.69) is 10.5 Å². The minimum atomic E-state index is -0.663. The number of methoxy groups -OCH3 is 1. The van der Waals surface area contributed by atoms with Gasteiger partial charge in [0.1, 0.15) is 0 Å². The minimum Gasteiger partial charge on any atom is -0.379 e. The Hall–Kier alpha value is -1.10. The zero-order valence-electron chi connectivity index (χ0n) is 7.63. The highest BCUT2D eigenvalue weighted by Crippen LogP contribution is 1.96. The third-order valence-electron chi connectivity index (χ3n) is 1.27. The summed E-state index contributed by atoms with van der Waals surface area (Å²) in [5, 5.41) is 3.78. The van der Waals surface area contributed by atoms with Gasteiger partial charge in [-0.25, -0.2) is 10.2 Å². The molecule has 70 valence electrons. The molecule has 5 heteroatoms. The Balaban J connectivity index is 4.08. The summed E-state index contributed by atoms with van der Waals surface area (Å²) < 4.78 is 4.87. The van der Waals surface area contributed by atoms with Gasteiger partial charge in [-0.3, -0.25) is 0 Å². The fourth-order valence-electron chi connectivity index (χ4n) is 0.603. The number of primary amides is 1. The topological polar surface area (TPSA) is 76.7 Å². The standard InChI is InChI=1S/C7H15N3O2/c1-5(2)6(4-12-3)9-10-7(8)11/h5H,4H2,1-3H3,(H3,8,10,11). The molecule has 5 nitrogen and oxygen atoms in total. The van der Waals surface area contributed by atoms with Crippen molar-refractivity contribution in [2.24, 2.45) is 16.8 Å². The minimum absolute atomic E-state index is 0.233. The molecule has 0 bridgehead atoms. The maximum absolute atomic E-state index is 10.3. The maximum Gasteiger partial charge on any atom is 0.332 e. The van der Waals surface area contributed by atoms with Crippen LogP contribution in [0.1, 0.15) is 13.8 Å². The molecule has 0 aromatic carbocycles. The Morgan fingerprint density at radius 1 is 1.67 bits per heavy atom.